The molecule has 1 unspecified atom stereocenters. The van der Waals surface area contributed by atoms with Gasteiger partial charge in [-0.05, 0) is 12.5 Å². The molecular formula is C8H21N3O3S. The van der Waals surface area contributed by atoms with Gasteiger partial charge in [0, 0.05) is 27.2 Å². The van der Waals surface area contributed by atoms with Crippen molar-refractivity contribution in [3.05, 3.63) is 0 Å². The van der Waals surface area contributed by atoms with Crippen molar-refractivity contribution in [3.8, 4) is 0 Å². The maximum atomic E-state index is 11.6. The minimum absolute atomic E-state index is 0.147. The molecule has 6 nitrogen and oxygen atoms in total. The predicted octanol–water partition coefficient (Wildman–Crippen LogP) is -1.01. The molecule has 0 fully saturated rings. The summed E-state index contributed by atoms with van der Waals surface area (Å²) in [6.45, 7) is 3.43. The maximum absolute atomic E-state index is 11.6. The van der Waals surface area contributed by atoms with E-state index in [1.54, 1.807) is 0 Å². The molecule has 0 amide bonds. The van der Waals surface area contributed by atoms with Crippen LogP contribution in [0.1, 0.15) is 6.92 Å². The topological polar surface area (TPSA) is 84.7 Å². The van der Waals surface area contributed by atoms with Gasteiger partial charge in [0.2, 0.25) is 0 Å². The fraction of sp³-hybridized carbons (Fsp3) is 1.00. The Bertz CT molecular complexity index is 256. The van der Waals surface area contributed by atoms with Crippen molar-refractivity contribution in [3.63, 3.8) is 0 Å². The fourth-order valence-electron chi connectivity index (χ4n) is 0.994. The van der Waals surface area contributed by atoms with Crippen LogP contribution in [0.3, 0.4) is 0 Å². The number of nitrogens with one attached hydrogen (secondary N) is 1. The first-order valence-corrected chi connectivity index (χ1v) is 6.28. The molecule has 7 heteroatoms. The summed E-state index contributed by atoms with van der Waals surface area (Å²) in [6, 6.07) is 0. The van der Waals surface area contributed by atoms with E-state index in [9.17, 15) is 8.42 Å². The van der Waals surface area contributed by atoms with Gasteiger partial charge in [0.1, 0.15) is 0 Å². The molecule has 3 N–H and O–H groups in total. The van der Waals surface area contributed by atoms with Gasteiger partial charge in [-0.15, -0.1) is 0 Å². The summed E-state index contributed by atoms with van der Waals surface area (Å²) in [4.78, 5) is 0. The largest absolute Gasteiger partial charge is 0.383 e. The van der Waals surface area contributed by atoms with E-state index < -0.39 is 10.2 Å². The molecule has 15 heavy (non-hydrogen) atoms. The average Bonchev–Trinajstić information content (AvgIpc) is 2.17. The number of ether oxygens (including phenoxy) is 1. The van der Waals surface area contributed by atoms with Gasteiger partial charge in [-0.25, -0.2) is 0 Å². The van der Waals surface area contributed by atoms with Crippen LogP contribution >= 0.6 is 0 Å². The van der Waals surface area contributed by atoms with Crippen LogP contribution < -0.4 is 10.5 Å². The number of nitrogens with two attached hydrogens (primary N) is 1. The van der Waals surface area contributed by atoms with Crippen LogP contribution in [-0.2, 0) is 14.9 Å². The minimum Gasteiger partial charge on any atom is -0.383 e. The van der Waals surface area contributed by atoms with E-state index in [1.807, 2.05) is 6.92 Å². The van der Waals surface area contributed by atoms with E-state index in [1.165, 1.54) is 18.5 Å². The molecule has 0 heterocycles. The van der Waals surface area contributed by atoms with Crippen LogP contribution in [0.5, 0.6) is 0 Å². The lowest BCUT2D eigenvalue weighted by molar-refractivity contribution is 0.203. The highest BCUT2D eigenvalue weighted by atomic mass is 32.2. The Labute approximate surface area is 92.0 Å². The molecule has 0 aromatic heterocycles. The van der Waals surface area contributed by atoms with Crippen molar-refractivity contribution in [2.24, 2.45) is 11.7 Å². The second-order valence-electron chi connectivity index (χ2n) is 3.51. The van der Waals surface area contributed by atoms with Gasteiger partial charge in [0.05, 0.1) is 6.61 Å². The zero-order chi connectivity index (χ0) is 11.9. The molecule has 0 saturated carbocycles. The van der Waals surface area contributed by atoms with E-state index >= 15 is 0 Å². The molecule has 0 aliphatic rings. The molecule has 0 aliphatic heterocycles. The lowest BCUT2D eigenvalue weighted by Gasteiger charge is -2.20. The quantitative estimate of drug-likeness (QED) is 0.532. The highest BCUT2D eigenvalue weighted by Gasteiger charge is 2.18. The van der Waals surface area contributed by atoms with Crippen molar-refractivity contribution in [1.82, 2.24) is 9.03 Å². The van der Waals surface area contributed by atoms with Crippen molar-refractivity contribution in [2.45, 2.75) is 6.92 Å². The second-order valence-corrected chi connectivity index (χ2v) is 5.38. The molecule has 0 aliphatic carbocycles. The second kappa shape index (κ2) is 7.13. The van der Waals surface area contributed by atoms with E-state index in [4.69, 9.17) is 10.5 Å². The third-order valence-corrected chi connectivity index (χ3v) is 3.51. The molecule has 92 valence electrons. The lowest BCUT2D eigenvalue weighted by Crippen LogP contribution is -2.42. The zero-order valence-corrected chi connectivity index (χ0v) is 10.4. The van der Waals surface area contributed by atoms with Crippen LogP contribution in [-0.4, -0.2) is 53.1 Å². The third-order valence-electron chi connectivity index (χ3n) is 1.97. The van der Waals surface area contributed by atoms with Gasteiger partial charge in [0.25, 0.3) is 10.2 Å². The summed E-state index contributed by atoms with van der Waals surface area (Å²) in [5, 5.41) is 0. The van der Waals surface area contributed by atoms with Crippen molar-refractivity contribution >= 4 is 10.2 Å². The average molecular weight is 239 g/mol. The number of hydrogen-bond donors (Lipinski definition) is 2. The lowest BCUT2D eigenvalue weighted by atomic mass is 10.2. The zero-order valence-electron chi connectivity index (χ0n) is 9.56. The smallest absolute Gasteiger partial charge is 0.279 e. The van der Waals surface area contributed by atoms with Gasteiger partial charge in [-0.2, -0.15) is 17.4 Å². The Morgan fingerprint density at radius 2 is 2.13 bits per heavy atom. The Kier molecular flexibility index (Phi) is 7.03. The van der Waals surface area contributed by atoms with Gasteiger partial charge >= 0.3 is 0 Å². The van der Waals surface area contributed by atoms with Gasteiger partial charge in [-0.3, -0.25) is 0 Å². The first-order valence-electron chi connectivity index (χ1n) is 4.84. The number of hydrogen-bond acceptors (Lipinski definition) is 4. The molecule has 0 aromatic rings. The third kappa shape index (κ3) is 6.06. The number of nitrogens with zero attached hydrogens (tertiary/aromatic N) is 1. The molecule has 1 atom stereocenters. The van der Waals surface area contributed by atoms with Gasteiger partial charge in [-0.1, -0.05) is 6.92 Å². The molecule has 0 saturated heterocycles. The monoisotopic (exact) mass is 239 g/mol. The maximum Gasteiger partial charge on any atom is 0.279 e. The highest BCUT2D eigenvalue weighted by Crippen LogP contribution is 2.00. The van der Waals surface area contributed by atoms with E-state index in [-0.39, 0.29) is 12.5 Å². The fourth-order valence-corrected chi connectivity index (χ4v) is 2.01. The van der Waals surface area contributed by atoms with Crippen LogP contribution in [0.25, 0.3) is 0 Å². The molecular weight excluding hydrogens is 218 g/mol. The summed E-state index contributed by atoms with van der Waals surface area (Å²) in [5.74, 6) is 0.147. The SMILES string of the molecule is COCCNS(=O)(=O)N(C)CC(C)CN. The molecule has 0 rings (SSSR count). The molecule has 0 aromatic carbocycles. The predicted molar refractivity (Wildman–Crippen MR) is 59.6 cm³/mol. The molecule has 0 radical (unpaired) electrons. The summed E-state index contributed by atoms with van der Waals surface area (Å²) < 4.78 is 31.6. The number of methoxy groups -OCH3 is 1. The number of rotatable bonds is 8. The van der Waals surface area contributed by atoms with Crippen LogP contribution in [0.15, 0.2) is 0 Å². The van der Waals surface area contributed by atoms with Crippen molar-refractivity contribution in [2.75, 3.05) is 40.4 Å². The van der Waals surface area contributed by atoms with E-state index in [2.05, 4.69) is 4.72 Å². The van der Waals surface area contributed by atoms with Crippen molar-refractivity contribution in [1.29, 1.82) is 0 Å². The van der Waals surface area contributed by atoms with E-state index in [0.717, 1.165) is 0 Å². The summed E-state index contributed by atoms with van der Waals surface area (Å²) in [6.07, 6.45) is 0. The van der Waals surface area contributed by atoms with Crippen molar-refractivity contribution < 1.29 is 13.2 Å². The highest BCUT2D eigenvalue weighted by molar-refractivity contribution is 7.87. The summed E-state index contributed by atoms with van der Waals surface area (Å²) >= 11 is 0. The van der Waals surface area contributed by atoms with Gasteiger partial charge < -0.3 is 10.5 Å². The Morgan fingerprint density at radius 1 is 1.53 bits per heavy atom. The Morgan fingerprint density at radius 3 is 2.60 bits per heavy atom. The molecule has 0 spiro atoms. The normalized spacial score (nSPS) is 14.5. The first kappa shape index (κ1) is 14.8. The summed E-state index contributed by atoms with van der Waals surface area (Å²) in [7, 11) is -0.339. The Hall–Kier alpha value is -0.210. The van der Waals surface area contributed by atoms with E-state index in [0.29, 0.717) is 19.7 Å². The first-order chi connectivity index (χ1) is 6.94. The van der Waals surface area contributed by atoms with Crippen LogP contribution in [0, 0.1) is 5.92 Å². The summed E-state index contributed by atoms with van der Waals surface area (Å²) in [5.41, 5.74) is 5.42. The Balaban J connectivity index is 4.08. The van der Waals surface area contributed by atoms with Crippen LogP contribution in [0.4, 0.5) is 0 Å². The van der Waals surface area contributed by atoms with Gasteiger partial charge in [0.15, 0.2) is 0 Å². The standard InChI is InChI=1S/C8H21N3O3S/c1-8(6-9)7-11(2)15(12,13)10-4-5-14-3/h8,10H,4-7,9H2,1-3H3. The van der Waals surface area contributed by atoms with Crippen LogP contribution in [0.2, 0.25) is 0 Å². The minimum atomic E-state index is -3.39. The molecule has 0 bridgehead atoms.